The van der Waals surface area contributed by atoms with Crippen LogP contribution in [0.2, 0.25) is 0 Å². The summed E-state index contributed by atoms with van der Waals surface area (Å²) >= 11 is 0. The molecule has 2 N–H and O–H groups in total. The van der Waals surface area contributed by atoms with E-state index >= 15 is 0 Å². The number of carboxylic acid groups (broad SMARTS) is 1. The number of carbonyl (C=O) groups is 4. The summed E-state index contributed by atoms with van der Waals surface area (Å²) in [4.78, 5) is 46.5. The molecule has 0 aliphatic rings. The highest BCUT2D eigenvalue weighted by atomic mass is 16.6. The fraction of sp³-hybridized carbons (Fsp3) is 0.871. The third-order valence-electron chi connectivity index (χ3n) is 6.21. The molecule has 8 nitrogen and oxygen atoms in total. The van der Waals surface area contributed by atoms with Gasteiger partial charge in [0.2, 0.25) is 11.7 Å². The molecule has 228 valence electrons. The zero-order valence-corrected chi connectivity index (χ0v) is 25.7. The maximum atomic E-state index is 12.3. The van der Waals surface area contributed by atoms with Gasteiger partial charge in [0.1, 0.15) is 5.60 Å². The van der Waals surface area contributed by atoms with Gasteiger partial charge in [-0.15, -0.1) is 0 Å². The molecule has 0 aromatic carbocycles. The second-order valence-corrected chi connectivity index (χ2v) is 12.7. The van der Waals surface area contributed by atoms with Crippen LogP contribution in [0.15, 0.2) is 0 Å². The van der Waals surface area contributed by atoms with Gasteiger partial charge in [0.25, 0.3) is 0 Å². The fourth-order valence-electron chi connectivity index (χ4n) is 4.18. The first-order valence-corrected chi connectivity index (χ1v) is 15.1. The number of rotatable bonds is 23. The highest BCUT2D eigenvalue weighted by molar-refractivity contribution is 6.32. The molecule has 0 saturated carbocycles. The number of ether oxygens (including phenoxy) is 2. The Bertz CT molecular complexity index is 707. The number of amides is 1. The maximum absolute atomic E-state index is 12.3. The van der Waals surface area contributed by atoms with Crippen molar-refractivity contribution in [2.24, 2.45) is 0 Å². The number of aliphatic carboxylic acids is 1. The largest absolute Gasteiger partial charge is 0.476 e. The third-order valence-corrected chi connectivity index (χ3v) is 6.21. The minimum absolute atomic E-state index is 0.0903. The molecule has 0 fully saturated rings. The van der Waals surface area contributed by atoms with E-state index in [0.717, 1.165) is 32.1 Å². The first-order chi connectivity index (χ1) is 18.2. The second kappa shape index (κ2) is 20.9. The normalized spacial score (nSPS) is 12.7. The first kappa shape index (κ1) is 37.0. The van der Waals surface area contributed by atoms with Gasteiger partial charge in [-0.25, -0.2) is 4.79 Å². The molecule has 1 unspecified atom stereocenters. The quantitative estimate of drug-likeness (QED) is 0.0798. The van der Waals surface area contributed by atoms with Gasteiger partial charge in [0, 0.05) is 19.3 Å². The predicted octanol–water partition coefficient (Wildman–Crippen LogP) is 6.91. The standard InChI is InChI=1S/C31H57NO7/c1-30(2,3)38-24-25(23-26(33)29(36)37)32-27(34)21-19-17-15-13-11-9-7-8-10-12-14-16-18-20-22-28(35)39-31(4,5)6/h25H,7-24H2,1-6H3,(H,32,34)(H,36,37). The van der Waals surface area contributed by atoms with Gasteiger partial charge < -0.3 is 19.9 Å². The Hall–Kier alpha value is -1.96. The number of Topliss-reactive ketones (excluding diaryl/α,β-unsaturated/α-hetero) is 1. The van der Waals surface area contributed by atoms with Crippen LogP contribution in [0.5, 0.6) is 0 Å². The predicted molar refractivity (Wildman–Crippen MR) is 155 cm³/mol. The van der Waals surface area contributed by atoms with Crippen molar-refractivity contribution in [2.45, 2.75) is 168 Å². The molecule has 0 aromatic rings. The smallest absolute Gasteiger partial charge is 0.372 e. The average Bonchev–Trinajstić information content (AvgIpc) is 2.80. The number of nitrogens with one attached hydrogen (secondary N) is 1. The summed E-state index contributed by atoms with van der Waals surface area (Å²) in [5.74, 6) is -2.68. The number of hydrogen-bond donors (Lipinski definition) is 2. The average molecular weight is 556 g/mol. The van der Waals surface area contributed by atoms with E-state index in [2.05, 4.69) is 5.32 Å². The number of hydrogen-bond acceptors (Lipinski definition) is 6. The Kier molecular flexibility index (Phi) is 19.8. The van der Waals surface area contributed by atoms with Crippen LogP contribution >= 0.6 is 0 Å². The molecule has 0 aromatic heterocycles. The van der Waals surface area contributed by atoms with Gasteiger partial charge in [-0.2, -0.15) is 0 Å². The first-order valence-electron chi connectivity index (χ1n) is 15.1. The van der Waals surface area contributed by atoms with Crippen molar-refractivity contribution in [3.05, 3.63) is 0 Å². The third kappa shape index (κ3) is 26.0. The van der Waals surface area contributed by atoms with Crippen LogP contribution in [-0.4, -0.2) is 52.6 Å². The monoisotopic (exact) mass is 555 g/mol. The van der Waals surface area contributed by atoms with E-state index in [4.69, 9.17) is 14.6 Å². The lowest BCUT2D eigenvalue weighted by Crippen LogP contribution is -2.42. The molecule has 0 bridgehead atoms. The molecule has 1 atom stereocenters. The SMILES string of the molecule is CC(C)(C)OCC(CC(=O)C(=O)O)NC(=O)CCCCCCCCCCCCCCCCC(=O)OC(C)(C)C. The van der Waals surface area contributed by atoms with Crippen LogP contribution in [0.3, 0.4) is 0 Å². The minimum atomic E-state index is -1.49. The van der Waals surface area contributed by atoms with E-state index in [9.17, 15) is 19.2 Å². The van der Waals surface area contributed by atoms with Crippen LogP contribution < -0.4 is 5.32 Å². The molecule has 0 radical (unpaired) electrons. The lowest BCUT2D eigenvalue weighted by Gasteiger charge is -2.24. The van der Waals surface area contributed by atoms with Crippen LogP contribution in [0.25, 0.3) is 0 Å². The molecule has 8 heteroatoms. The molecule has 0 saturated heterocycles. The Morgan fingerprint density at radius 1 is 0.641 bits per heavy atom. The van der Waals surface area contributed by atoms with Crippen molar-refractivity contribution >= 4 is 23.6 Å². The van der Waals surface area contributed by atoms with Gasteiger partial charge in [-0.3, -0.25) is 14.4 Å². The van der Waals surface area contributed by atoms with E-state index in [1.54, 1.807) is 0 Å². The number of carboxylic acids is 1. The van der Waals surface area contributed by atoms with Crippen LogP contribution in [-0.2, 0) is 28.7 Å². The Labute approximate surface area is 237 Å². The Balaban J connectivity index is 3.69. The van der Waals surface area contributed by atoms with Crippen molar-refractivity contribution in [1.82, 2.24) is 5.32 Å². The van der Waals surface area contributed by atoms with Gasteiger partial charge >= 0.3 is 11.9 Å². The summed E-state index contributed by atoms with van der Waals surface area (Å²) in [7, 11) is 0. The lowest BCUT2D eigenvalue weighted by molar-refractivity contribution is -0.155. The number of esters is 1. The zero-order chi connectivity index (χ0) is 29.7. The second-order valence-electron chi connectivity index (χ2n) is 12.7. The molecule has 39 heavy (non-hydrogen) atoms. The summed E-state index contributed by atoms with van der Waals surface area (Å²) in [5.41, 5.74) is -0.834. The maximum Gasteiger partial charge on any atom is 0.372 e. The zero-order valence-electron chi connectivity index (χ0n) is 25.7. The van der Waals surface area contributed by atoms with Gasteiger partial charge in [0.15, 0.2) is 0 Å². The van der Waals surface area contributed by atoms with Crippen molar-refractivity contribution < 1.29 is 33.8 Å². The van der Waals surface area contributed by atoms with E-state index in [0.29, 0.717) is 12.8 Å². The molecular formula is C31H57NO7. The molecule has 1 amide bonds. The Morgan fingerprint density at radius 3 is 1.44 bits per heavy atom. The number of carbonyl (C=O) groups excluding carboxylic acids is 3. The van der Waals surface area contributed by atoms with E-state index < -0.39 is 29.0 Å². The Morgan fingerprint density at radius 2 is 1.05 bits per heavy atom. The lowest BCUT2D eigenvalue weighted by atomic mass is 10.0. The summed E-state index contributed by atoms with van der Waals surface area (Å²) in [6, 6.07) is -0.635. The van der Waals surface area contributed by atoms with Crippen molar-refractivity contribution in [1.29, 1.82) is 0 Å². The van der Waals surface area contributed by atoms with Gasteiger partial charge in [-0.05, 0) is 54.4 Å². The van der Waals surface area contributed by atoms with Crippen LogP contribution in [0, 0.1) is 0 Å². The summed E-state index contributed by atoms with van der Waals surface area (Å²) in [6.45, 7) is 11.4. The van der Waals surface area contributed by atoms with Crippen LogP contribution in [0.4, 0.5) is 0 Å². The summed E-state index contributed by atoms with van der Waals surface area (Å²) < 4.78 is 11.0. The highest BCUT2D eigenvalue weighted by Crippen LogP contribution is 2.15. The van der Waals surface area contributed by atoms with Crippen molar-refractivity contribution in [3.8, 4) is 0 Å². The van der Waals surface area contributed by atoms with Crippen molar-refractivity contribution in [2.75, 3.05) is 6.61 Å². The molecule has 0 aliphatic carbocycles. The minimum Gasteiger partial charge on any atom is -0.476 e. The molecular weight excluding hydrogens is 498 g/mol. The molecule has 0 heterocycles. The highest BCUT2D eigenvalue weighted by Gasteiger charge is 2.23. The summed E-state index contributed by atoms with van der Waals surface area (Å²) in [6.07, 6.45) is 16.7. The van der Waals surface area contributed by atoms with Crippen molar-refractivity contribution in [3.63, 3.8) is 0 Å². The number of unbranched alkanes of at least 4 members (excludes halogenated alkanes) is 13. The van der Waals surface area contributed by atoms with E-state index in [1.165, 1.54) is 57.8 Å². The topological polar surface area (TPSA) is 119 Å². The van der Waals surface area contributed by atoms with Gasteiger partial charge in [-0.1, -0.05) is 77.0 Å². The fourth-order valence-corrected chi connectivity index (χ4v) is 4.18. The number of ketones is 1. The molecule has 0 rings (SSSR count). The summed E-state index contributed by atoms with van der Waals surface area (Å²) in [5, 5.41) is 11.6. The van der Waals surface area contributed by atoms with Gasteiger partial charge in [0.05, 0.1) is 18.2 Å². The molecule has 0 spiro atoms. The van der Waals surface area contributed by atoms with Crippen LogP contribution in [0.1, 0.15) is 151 Å². The van der Waals surface area contributed by atoms with E-state index in [-0.39, 0.29) is 24.9 Å². The van der Waals surface area contributed by atoms with E-state index in [1.807, 2.05) is 41.5 Å². The molecule has 0 aliphatic heterocycles.